The largest absolute Gasteiger partial charge is 0.259 e. The third-order valence-electron chi connectivity index (χ3n) is 1.65. The summed E-state index contributed by atoms with van der Waals surface area (Å²) in [7, 11) is 0. The molecule has 3 heteroatoms. The lowest BCUT2D eigenvalue weighted by Gasteiger charge is -1.93. The molecule has 0 aromatic carbocycles. The van der Waals surface area contributed by atoms with E-state index in [1.807, 2.05) is 25.1 Å². The van der Waals surface area contributed by atoms with Gasteiger partial charge in [0.05, 0.1) is 6.54 Å². The van der Waals surface area contributed by atoms with Gasteiger partial charge >= 0.3 is 0 Å². The zero-order valence-electron chi connectivity index (χ0n) is 6.86. The molecule has 0 atom stereocenters. The van der Waals surface area contributed by atoms with E-state index in [2.05, 4.69) is 15.0 Å². The molecule has 0 amide bonds. The molecule has 0 fully saturated rings. The van der Waals surface area contributed by atoms with Crippen LogP contribution in [0.3, 0.4) is 0 Å². The normalized spacial score (nSPS) is 15.8. The van der Waals surface area contributed by atoms with Crippen molar-refractivity contribution in [1.82, 2.24) is 4.98 Å². The van der Waals surface area contributed by atoms with Crippen molar-refractivity contribution in [3.8, 4) is 0 Å². The lowest BCUT2D eigenvalue weighted by Crippen LogP contribution is -1.96. The Balaban J connectivity index is 2.34. The van der Waals surface area contributed by atoms with E-state index < -0.39 is 0 Å². The average Bonchev–Trinajstić information content (AvgIpc) is 2.54. The van der Waals surface area contributed by atoms with Gasteiger partial charge in [0.1, 0.15) is 5.69 Å². The molecule has 0 saturated heterocycles. The second-order valence-electron chi connectivity index (χ2n) is 2.70. The van der Waals surface area contributed by atoms with Crippen molar-refractivity contribution < 1.29 is 0 Å². The summed E-state index contributed by atoms with van der Waals surface area (Å²) in [5.74, 6) is 0.758. The van der Waals surface area contributed by atoms with Crippen LogP contribution in [-0.2, 0) is 0 Å². The van der Waals surface area contributed by atoms with Gasteiger partial charge in [0.2, 0.25) is 0 Å². The average molecular weight is 159 g/mol. The maximum atomic E-state index is 4.26. The minimum Gasteiger partial charge on any atom is -0.259 e. The van der Waals surface area contributed by atoms with E-state index in [1.165, 1.54) is 0 Å². The first-order valence-electron chi connectivity index (χ1n) is 3.86. The Labute approximate surface area is 70.9 Å². The number of pyridine rings is 1. The minimum absolute atomic E-state index is 0.714. The van der Waals surface area contributed by atoms with Crippen LogP contribution in [0.4, 0.5) is 0 Å². The summed E-state index contributed by atoms with van der Waals surface area (Å²) in [5, 5.41) is 0. The zero-order valence-corrected chi connectivity index (χ0v) is 6.86. The SMILES string of the molecule is CC1=NC(c2ccccn2)=NC1. The molecule has 0 N–H and O–H groups in total. The van der Waals surface area contributed by atoms with Gasteiger partial charge in [0, 0.05) is 11.9 Å². The van der Waals surface area contributed by atoms with E-state index in [4.69, 9.17) is 0 Å². The van der Waals surface area contributed by atoms with Crippen molar-refractivity contribution in [3.05, 3.63) is 30.1 Å². The van der Waals surface area contributed by atoms with Crippen LogP contribution in [0, 0.1) is 0 Å². The molecule has 0 saturated carbocycles. The number of hydrogen-bond acceptors (Lipinski definition) is 3. The first-order chi connectivity index (χ1) is 5.86. The molecule has 2 rings (SSSR count). The molecule has 0 unspecified atom stereocenters. The van der Waals surface area contributed by atoms with Gasteiger partial charge in [0.25, 0.3) is 0 Å². The lowest BCUT2D eigenvalue weighted by atomic mass is 10.3. The van der Waals surface area contributed by atoms with E-state index in [9.17, 15) is 0 Å². The van der Waals surface area contributed by atoms with Crippen LogP contribution >= 0.6 is 0 Å². The number of aromatic nitrogens is 1. The Morgan fingerprint density at radius 1 is 1.33 bits per heavy atom. The number of nitrogens with zero attached hydrogens (tertiary/aromatic N) is 3. The van der Waals surface area contributed by atoms with Crippen LogP contribution in [0.25, 0.3) is 0 Å². The van der Waals surface area contributed by atoms with Gasteiger partial charge in [-0.25, -0.2) is 4.99 Å². The predicted octanol–water partition coefficient (Wildman–Crippen LogP) is 1.30. The summed E-state index contributed by atoms with van der Waals surface area (Å²) < 4.78 is 0. The third-order valence-corrected chi connectivity index (χ3v) is 1.65. The molecular formula is C9H9N3. The molecule has 0 radical (unpaired) electrons. The highest BCUT2D eigenvalue weighted by Crippen LogP contribution is 2.03. The fourth-order valence-corrected chi connectivity index (χ4v) is 1.07. The first-order valence-corrected chi connectivity index (χ1v) is 3.86. The van der Waals surface area contributed by atoms with Crippen LogP contribution in [0.5, 0.6) is 0 Å². The molecule has 0 bridgehead atoms. The van der Waals surface area contributed by atoms with Crippen molar-refractivity contribution in [2.75, 3.05) is 6.54 Å². The van der Waals surface area contributed by atoms with Gasteiger partial charge in [-0.05, 0) is 19.1 Å². The van der Waals surface area contributed by atoms with Crippen molar-refractivity contribution in [3.63, 3.8) is 0 Å². The fourth-order valence-electron chi connectivity index (χ4n) is 1.07. The van der Waals surface area contributed by atoms with Crippen molar-refractivity contribution >= 4 is 11.5 Å². The Morgan fingerprint density at radius 3 is 2.83 bits per heavy atom. The van der Waals surface area contributed by atoms with Crippen LogP contribution in [-0.4, -0.2) is 23.1 Å². The summed E-state index contributed by atoms with van der Waals surface area (Å²) >= 11 is 0. The highest BCUT2D eigenvalue weighted by Gasteiger charge is 2.08. The molecular weight excluding hydrogens is 150 g/mol. The monoisotopic (exact) mass is 159 g/mol. The van der Waals surface area contributed by atoms with Gasteiger partial charge in [-0.15, -0.1) is 0 Å². The summed E-state index contributed by atoms with van der Waals surface area (Å²) in [6.07, 6.45) is 1.75. The molecule has 3 nitrogen and oxygen atoms in total. The molecule has 1 aliphatic heterocycles. The van der Waals surface area contributed by atoms with E-state index >= 15 is 0 Å². The highest BCUT2D eigenvalue weighted by molar-refractivity contribution is 6.09. The molecule has 0 aliphatic carbocycles. The molecule has 0 spiro atoms. The predicted molar refractivity (Wildman–Crippen MR) is 48.8 cm³/mol. The molecule has 12 heavy (non-hydrogen) atoms. The standard InChI is InChI=1S/C9H9N3/c1-7-6-11-9(12-7)8-4-2-3-5-10-8/h2-5H,6H2,1H3. The summed E-state index contributed by atoms with van der Waals surface area (Å²) in [5.41, 5.74) is 1.91. The van der Waals surface area contributed by atoms with E-state index in [0.29, 0.717) is 6.54 Å². The van der Waals surface area contributed by atoms with Crippen molar-refractivity contribution in [1.29, 1.82) is 0 Å². The first kappa shape index (κ1) is 7.16. The smallest absolute Gasteiger partial charge is 0.173 e. The second-order valence-corrected chi connectivity index (χ2v) is 2.70. The topological polar surface area (TPSA) is 37.6 Å². The summed E-state index contributed by atoms with van der Waals surface area (Å²) in [6, 6.07) is 5.74. The molecule has 1 aromatic heterocycles. The van der Waals surface area contributed by atoms with E-state index in [-0.39, 0.29) is 0 Å². The Bertz CT molecular complexity index is 338. The number of rotatable bonds is 1. The second kappa shape index (κ2) is 2.85. The van der Waals surface area contributed by atoms with Crippen LogP contribution in [0.15, 0.2) is 34.4 Å². The van der Waals surface area contributed by atoms with Crippen LogP contribution in [0.1, 0.15) is 12.6 Å². The minimum atomic E-state index is 0.714. The van der Waals surface area contributed by atoms with E-state index in [1.54, 1.807) is 6.20 Å². The molecule has 2 heterocycles. The van der Waals surface area contributed by atoms with Gasteiger partial charge in [-0.3, -0.25) is 9.98 Å². The van der Waals surface area contributed by atoms with E-state index in [0.717, 1.165) is 17.2 Å². The summed E-state index contributed by atoms with van der Waals surface area (Å²) in [6.45, 7) is 2.69. The fraction of sp³-hybridized carbons (Fsp3) is 0.222. The van der Waals surface area contributed by atoms with Crippen LogP contribution in [0.2, 0.25) is 0 Å². The van der Waals surface area contributed by atoms with Crippen LogP contribution < -0.4 is 0 Å². The van der Waals surface area contributed by atoms with Gasteiger partial charge < -0.3 is 0 Å². The van der Waals surface area contributed by atoms with Gasteiger partial charge in [0.15, 0.2) is 5.84 Å². The highest BCUT2D eigenvalue weighted by atomic mass is 15.0. The maximum absolute atomic E-state index is 4.26. The zero-order chi connectivity index (χ0) is 8.39. The van der Waals surface area contributed by atoms with Crippen molar-refractivity contribution in [2.24, 2.45) is 9.98 Å². The maximum Gasteiger partial charge on any atom is 0.173 e. The van der Waals surface area contributed by atoms with Gasteiger partial charge in [-0.1, -0.05) is 6.07 Å². The number of amidine groups is 1. The molecule has 1 aromatic rings. The van der Waals surface area contributed by atoms with Crippen molar-refractivity contribution in [2.45, 2.75) is 6.92 Å². The summed E-state index contributed by atoms with van der Waals surface area (Å²) in [4.78, 5) is 12.7. The Kier molecular flexibility index (Phi) is 1.70. The number of hydrogen-bond donors (Lipinski definition) is 0. The Morgan fingerprint density at radius 2 is 2.25 bits per heavy atom. The molecule has 60 valence electrons. The quantitative estimate of drug-likeness (QED) is 0.608. The molecule has 1 aliphatic rings. The Hall–Kier alpha value is -1.51. The lowest BCUT2D eigenvalue weighted by molar-refractivity contribution is 1.26. The third kappa shape index (κ3) is 1.25. The van der Waals surface area contributed by atoms with Gasteiger partial charge in [-0.2, -0.15) is 0 Å². The number of aliphatic imine (C=N–C) groups is 2.